The van der Waals surface area contributed by atoms with Gasteiger partial charge in [0.05, 0.1) is 6.10 Å². The smallest absolute Gasteiger partial charge is 0.0796 e. The fourth-order valence-corrected chi connectivity index (χ4v) is 1.54. The minimum Gasteiger partial charge on any atom is -0.378 e. The molecule has 0 amide bonds. The molecule has 0 aliphatic rings. The van der Waals surface area contributed by atoms with Crippen LogP contribution in [0.25, 0.3) is 0 Å². The number of hydrogen-bond acceptors (Lipinski definition) is 2. The molecule has 1 aromatic carbocycles. The summed E-state index contributed by atoms with van der Waals surface area (Å²) < 4.78 is 5.76. The van der Waals surface area contributed by atoms with Crippen molar-refractivity contribution in [3.63, 3.8) is 0 Å². The van der Waals surface area contributed by atoms with E-state index in [0.29, 0.717) is 0 Å². The van der Waals surface area contributed by atoms with E-state index in [4.69, 9.17) is 4.74 Å². The van der Waals surface area contributed by atoms with Crippen molar-refractivity contribution < 1.29 is 4.74 Å². The van der Waals surface area contributed by atoms with Gasteiger partial charge in [-0.25, -0.2) is 0 Å². The van der Waals surface area contributed by atoms with E-state index < -0.39 is 0 Å². The van der Waals surface area contributed by atoms with Crippen LogP contribution in [-0.4, -0.2) is 20.7 Å². The lowest BCUT2D eigenvalue weighted by Crippen LogP contribution is -2.08. The summed E-state index contributed by atoms with van der Waals surface area (Å²) in [7, 11) is 4.10. The highest BCUT2D eigenvalue weighted by Crippen LogP contribution is 2.20. The first-order valence-corrected chi connectivity index (χ1v) is 6.04. The second kappa shape index (κ2) is 6.54. The molecule has 0 aliphatic carbocycles. The number of unbranched alkanes of at least 4 members (excludes halogenated alkanes) is 1. The van der Waals surface area contributed by atoms with Crippen LogP contribution in [-0.2, 0) is 4.74 Å². The molecular formula is C14H23NO. The van der Waals surface area contributed by atoms with Crippen molar-refractivity contribution in [2.45, 2.75) is 32.8 Å². The fourth-order valence-electron chi connectivity index (χ4n) is 1.54. The Labute approximate surface area is 99.2 Å². The van der Waals surface area contributed by atoms with Gasteiger partial charge in [-0.1, -0.05) is 25.5 Å². The van der Waals surface area contributed by atoms with Gasteiger partial charge in [-0.3, -0.25) is 0 Å². The molecule has 1 aromatic rings. The van der Waals surface area contributed by atoms with Crippen molar-refractivity contribution >= 4 is 5.69 Å². The summed E-state index contributed by atoms with van der Waals surface area (Å²) in [5.41, 5.74) is 2.48. The second-order valence-corrected chi connectivity index (χ2v) is 4.35. The number of benzene rings is 1. The van der Waals surface area contributed by atoms with Gasteiger partial charge in [0.2, 0.25) is 0 Å². The predicted octanol–water partition coefficient (Wildman–Crippen LogP) is 3.63. The molecule has 16 heavy (non-hydrogen) atoms. The maximum atomic E-state index is 5.76. The average molecular weight is 221 g/mol. The third-order valence-corrected chi connectivity index (χ3v) is 2.74. The Morgan fingerprint density at radius 2 is 1.81 bits per heavy atom. The molecule has 0 heterocycles. The van der Waals surface area contributed by atoms with Gasteiger partial charge in [0.25, 0.3) is 0 Å². The van der Waals surface area contributed by atoms with Crippen molar-refractivity contribution in [2.24, 2.45) is 0 Å². The van der Waals surface area contributed by atoms with Gasteiger partial charge in [-0.15, -0.1) is 0 Å². The molecule has 0 saturated heterocycles. The van der Waals surface area contributed by atoms with Crippen LogP contribution >= 0.6 is 0 Å². The Balaban J connectivity index is 2.52. The van der Waals surface area contributed by atoms with Gasteiger partial charge >= 0.3 is 0 Å². The standard InChI is InChI=1S/C14H23NO/c1-5-6-11-16-12(2)13-7-9-14(10-8-13)15(3)4/h7-10,12H,5-6,11H2,1-4H3. The van der Waals surface area contributed by atoms with E-state index in [1.165, 1.54) is 17.7 Å². The van der Waals surface area contributed by atoms with E-state index in [1.807, 2.05) is 0 Å². The molecule has 0 radical (unpaired) electrons. The van der Waals surface area contributed by atoms with Gasteiger partial charge in [-0.2, -0.15) is 0 Å². The second-order valence-electron chi connectivity index (χ2n) is 4.35. The van der Waals surface area contributed by atoms with Crippen molar-refractivity contribution in [1.29, 1.82) is 0 Å². The average Bonchev–Trinajstić information content (AvgIpc) is 2.29. The lowest BCUT2D eigenvalue weighted by atomic mass is 10.1. The van der Waals surface area contributed by atoms with Crippen LogP contribution in [0.3, 0.4) is 0 Å². The maximum absolute atomic E-state index is 5.76. The third kappa shape index (κ3) is 3.86. The lowest BCUT2D eigenvalue weighted by Gasteiger charge is -2.16. The molecule has 2 nitrogen and oxygen atoms in total. The zero-order chi connectivity index (χ0) is 12.0. The molecule has 0 N–H and O–H groups in total. The van der Waals surface area contributed by atoms with Gasteiger partial charge in [0, 0.05) is 26.4 Å². The topological polar surface area (TPSA) is 12.5 Å². The summed E-state index contributed by atoms with van der Waals surface area (Å²) in [6, 6.07) is 8.56. The third-order valence-electron chi connectivity index (χ3n) is 2.74. The molecule has 0 fully saturated rings. The molecule has 0 aliphatic heterocycles. The van der Waals surface area contributed by atoms with Crippen molar-refractivity contribution in [1.82, 2.24) is 0 Å². The zero-order valence-electron chi connectivity index (χ0n) is 10.9. The predicted molar refractivity (Wildman–Crippen MR) is 70.0 cm³/mol. The Morgan fingerprint density at radius 1 is 1.19 bits per heavy atom. The van der Waals surface area contributed by atoms with Gasteiger partial charge < -0.3 is 9.64 Å². The largest absolute Gasteiger partial charge is 0.378 e. The molecule has 0 saturated carbocycles. The van der Waals surface area contributed by atoms with Crippen molar-refractivity contribution in [3.8, 4) is 0 Å². The first kappa shape index (κ1) is 13.0. The van der Waals surface area contributed by atoms with Crippen LogP contribution in [0.2, 0.25) is 0 Å². The summed E-state index contributed by atoms with van der Waals surface area (Å²) in [6.45, 7) is 5.15. The molecule has 1 rings (SSSR count). The minimum atomic E-state index is 0.197. The van der Waals surface area contributed by atoms with Crippen LogP contribution in [0.1, 0.15) is 38.4 Å². The SMILES string of the molecule is CCCCOC(C)c1ccc(N(C)C)cc1. The maximum Gasteiger partial charge on any atom is 0.0796 e. The van der Waals surface area contributed by atoms with E-state index >= 15 is 0 Å². The highest BCUT2D eigenvalue weighted by atomic mass is 16.5. The summed E-state index contributed by atoms with van der Waals surface area (Å²) in [4.78, 5) is 2.10. The number of anilines is 1. The zero-order valence-corrected chi connectivity index (χ0v) is 10.9. The number of rotatable bonds is 6. The summed E-state index contributed by atoms with van der Waals surface area (Å²) in [5, 5.41) is 0. The Kier molecular flexibility index (Phi) is 5.33. The monoisotopic (exact) mass is 221 g/mol. The van der Waals surface area contributed by atoms with E-state index in [2.05, 4.69) is 57.1 Å². The van der Waals surface area contributed by atoms with Gasteiger partial charge in [0.15, 0.2) is 0 Å². The Bertz CT molecular complexity index is 292. The van der Waals surface area contributed by atoms with Crippen molar-refractivity contribution in [2.75, 3.05) is 25.6 Å². The van der Waals surface area contributed by atoms with E-state index in [0.717, 1.165) is 13.0 Å². The molecule has 0 bridgehead atoms. The molecule has 2 heteroatoms. The number of nitrogens with zero attached hydrogens (tertiary/aromatic N) is 1. The highest BCUT2D eigenvalue weighted by Gasteiger charge is 2.05. The fraction of sp³-hybridized carbons (Fsp3) is 0.571. The van der Waals surface area contributed by atoms with Crippen LogP contribution in [0.5, 0.6) is 0 Å². The number of hydrogen-bond donors (Lipinski definition) is 0. The first-order chi connectivity index (χ1) is 7.65. The van der Waals surface area contributed by atoms with E-state index in [1.54, 1.807) is 0 Å². The lowest BCUT2D eigenvalue weighted by molar-refractivity contribution is 0.0637. The molecule has 1 atom stereocenters. The molecule has 0 spiro atoms. The molecule has 90 valence electrons. The quantitative estimate of drug-likeness (QED) is 0.680. The van der Waals surface area contributed by atoms with Crippen molar-refractivity contribution in [3.05, 3.63) is 29.8 Å². The summed E-state index contributed by atoms with van der Waals surface area (Å²) in [5.74, 6) is 0. The summed E-state index contributed by atoms with van der Waals surface area (Å²) >= 11 is 0. The normalized spacial score (nSPS) is 12.5. The first-order valence-electron chi connectivity index (χ1n) is 6.04. The number of ether oxygens (including phenoxy) is 1. The van der Waals surface area contributed by atoms with Gasteiger partial charge in [0.1, 0.15) is 0 Å². The molecular weight excluding hydrogens is 198 g/mol. The van der Waals surface area contributed by atoms with Crippen LogP contribution in [0, 0.1) is 0 Å². The summed E-state index contributed by atoms with van der Waals surface area (Å²) in [6.07, 6.45) is 2.52. The van der Waals surface area contributed by atoms with Crippen LogP contribution in [0.15, 0.2) is 24.3 Å². The highest BCUT2D eigenvalue weighted by molar-refractivity contribution is 5.46. The van der Waals surface area contributed by atoms with Crippen LogP contribution < -0.4 is 4.90 Å². The van der Waals surface area contributed by atoms with Crippen LogP contribution in [0.4, 0.5) is 5.69 Å². The van der Waals surface area contributed by atoms with E-state index in [-0.39, 0.29) is 6.10 Å². The molecule has 1 unspecified atom stereocenters. The van der Waals surface area contributed by atoms with E-state index in [9.17, 15) is 0 Å². The molecule has 0 aromatic heterocycles. The Morgan fingerprint density at radius 3 is 2.31 bits per heavy atom. The van der Waals surface area contributed by atoms with Gasteiger partial charge in [-0.05, 0) is 31.0 Å². The Hall–Kier alpha value is -1.02. The minimum absolute atomic E-state index is 0.197.